The topological polar surface area (TPSA) is 79.3 Å². The number of urea groups is 1. The summed E-state index contributed by atoms with van der Waals surface area (Å²) in [6.07, 6.45) is 0. The SMILES string of the molecule is CCN(CC(=O)Nc1cc(-c2ccccc2)nn1-c1ccc(F)cc1)C(=O)Nc1cccc(C)c1. The van der Waals surface area contributed by atoms with Crippen molar-refractivity contribution in [3.63, 3.8) is 0 Å². The van der Waals surface area contributed by atoms with E-state index in [2.05, 4.69) is 15.7 Å². The number of aryl methyl sites for hydroxylation is 1. The molecule has 4 aromatic rings. The van der Waals surface area contributed by atoms with Gasteiger partial charge in [-0.15, -0.1) is 0 Å². The van der Waals surface area contributed by atoms with Crippen LogP contribution in [0.2, 0.25) is 0 Å². The normalized spacial score (nSPS) is 10.6. The fourth-order valence-corrected chi connectivity index (χ4v) is 3.61. The summed E-state index contributed by atoms with van der Waals surface area (Å²) in [6.45, 7) is 3.94. The third-order valence-electron chi connectivity index (χ3n) is 5.39. The Kier molecular flexibility index (Phi) is 7.21. The molecule has 0 aliphatic heterocycles. The first kappa shape index (κ1) is 23.7. The average Bonchev–Trinajstić information content (AvgIpc) is 3.27. The molecule has 35 heavy (non-hydrogen) atoms. The lowest BCUT2D eigenvalue weighted by Crippen LogP contribution is -2.40. The third kappa shape index (κ3) is 5.92. The molecule has 0 bridgehead atoms. The summed E-state index contributed by atoms with van der Waals surface area (Å²) in [5.41, 5.74) is 3.79. The summed E-state index contributed by atoms with van der Waals surface area (Å²) >= 11 is 0. The number of hydrogen-bond donors (Lipinski definition) is 2. The smallest absolute Gasteiger partial charge is 0.315 e. The van der Waals surface area contributed by atoms with Crippen molar-refractivity contribution in [2.45, 2.75) is 13.8 Å². The fourth-order valence-electron chi connectivity index (χ4n) is 3.61. The largest absolute Gasteiger partial charge is 0.322 e. The van der Waals surface area contributed by atoms with Crippen molar-refractivity contribution in [1.29, 1.82) is 0 Å². The van der Waals surface area contributed by atoms with Gasteiger partial charge in [-0.05, 0) is 55.8 Å². The van der Waals surface area contributed by atoms with Crippen LogP contribution in [-0.4, -0.2) is 39.7 Å². The molecule has 0 unspecified atom stereocenters. The molecule has 178 valence electrons. The van der Waals surface area contributed by atoms with E-state index in [1.165, 1.54) is 17.0 Å². The third-order valence-corrected chi connectivity index (χ3v) is 5.39. The Balaban J connectivity index is 1.53. The highest BCUT2D eigenvalue weighted by molar-refractivity contribution is 5.97. The minimum Gasteiger partial charge on any atom is -0.315 e. The number of rotatable bonds is 7. The maximum Gasteiger partial charge on any atom is 0.322 e. The molecule has 0 fully saturated rings. The van der Waals surface area contributed by atoms with Crippen molar-refractivity contribution in [3.8, 4) is 16.9 Å². The van der Waals surface area contributed by atoms with E-state index in [1.807, 2.05) is 55.5 Å². The first-order chi connectivity index (χ1) is 16.9. The number of carbonyl (C=O) groups is 2. The number of benzene rings is 3. The van der Waals surface area contributed by atoms with Gasteiger partial charge in [0.25, 0.3) is 0 Å². The molecule has 3 aromatic carbocycles. The number of aromatic nitrogens is 2. The highest BCUT2D eigenvalue weighted by atomic mass is 19.1. The molecular formula is C27H26FN5O2. The molecule has 3 amide bonds. The van der Waals surface area contributed by atoms with Crippen LogP contribution in [0.5, 0.6) is 0 Å². The Hall–Kier alpha value is -4.46. The highest BCUT2D eigenvalue weighted by Gasteiger charge is 2.19. The Labute approximate surface area is 203 Å². The summed E-state index contributed by atoms with van der Waals surface area (Å²) in [5.74, 6) is -0.335. The van der Waals surface area contributed by atoms with Gasteiger partial charge in [0.1, 0.15) is 18.2 Å². The Morgan fingerprint density at radius 2 is 1.69 bits per heavy atom. The van der Waals surface area contributed by atoms with Crippen LogP contribution in [0.15, 0.2) is 84.9 Å². The molecule has 7 nitrogen and oxygen atoms in total. The van der Waals surface area contributed by atoms with Gasteiger partial charge >= 0.3 is 6.03 Å². The molecule has 0 spiro atoms. The van der Waals surface area contributed by atoms with E-state index in [-0.39, 0.29) is 24.3 Å². The molecule has 0 aliphatic carbocycles. The van der Waals surface area contributed by atoms with Gasteiger partial charge in [-0.25, -0.2) is 13.9 Å². The van der Waals surface area contributed by atoms with E-state index < -0.39 is 0 Å². The van der Waals surface area contributed by atoms with Crippen LogP contribution in [0.25, 0.3) is 16.9 Å². The summed E-state index contributed by atoms with van der Waals surface area (Å²) in [4.78, 5) is 27.1. The number of carbonyl (C=O) groups excluding carboxylic acids is 2. The monoisotopic (exact) mass is 471 g/mol. The molecule has 8 heteroatoms. The zero-order valence-electron chi connectivity index (χ0n) is 19.5. The summed E-state index contributed by atoms with van der Waals surface area (Å²) in [6, 6.07) is 24.2. The molecular weight excluding hydrogens is 445 g/mol. The van der Waals surface area contributed by atoms with E-state index in [0.717, 1.165) is 11.1 Å². The van der Waals surface area contributed by atoms with Crippen molar-refractivity contribution in [2.24, 2.45) is 0 Å². The van der Waals surface area contributed by atoms with E-state index in [1.54, 1.807) is 35.9 Å². The van der Waals surface area contributed by atoms with Crippen molar-refractivity contribution in [1.82, 2.24) is 14.7 Å². The molecule has 0 saturated heterocycles. The summed E-state index contributed by atoms with van der Waals surface area (Å²) in [5, 5.41) is 10.3. The van der Waals surface area contributed by atoms with E-state index in [9.17, 15) is 14.0 Å². The first-order valence-corrected chi connectivity index (χ1v) is 11.3. The van der Waals surface area contributed by atoms with Gasteiger partial charge in [-0.2, -0.15) is 5.10 Å². The molecule has 4 rings (SSSR count). The number of anilines is 2. The predicted molar refractivity (Wildman–Crippen MR) is 135 cm³/mol. The zero-order valence-corrected chi connectivity index (χ0v) is 19.5. The second-order valence-corrected chi connectivity index (χ2v) is 8.03. The highest BCUT2D eigenvalue weighted by Crippen LogP contribution is 2.25. The van der Waals surface area contributed by atoms with Gasteiger partial charge in [0.2, 0.25) is 5.91 Å². The van der Waals surface area contributed by atoms with Crippen LogP contribution in [-0.2, 0) is 4.79 Å². The molecule has 0 radical (unpaired) electrons. The predicted octanol–water partition coefficient (Wildman–Crippen LogP) is 5.48. The average molecular weight is 472 g/mol. The van der Waals surface area contributed by atoms with Crippen LogP contribution < -0.4 is 10.6 Å². The minimum atomic E-state index is -0.380. The van der Waals surface area contributed by atoms with Crippen LogP contribution in [0.3, 0.4) is 0 Å². The van der Waals surface area contributed by atoms with Crippen LogP contribution in [0.1, 0.15) is 12.5 Å². The maximum absolute atomic E-state index is 13.5. The molecule has 2 N–H and O–H groups in total. The van der Waals surface area contributed by atoms with Gasteiger partial charge in [-0.1, -0.05) is 42.5 Å². The lowest BCUT2D eigenvalue weighted by molar-refractivity contribution is -0.116. The molecule has 0 atom stereocenters. The van der Waals surface area contributed by atoms with E-state index in [0.29, 0.717) is 29.4 Å². The number of nitrogens with zero attached hydrogens (tertiary/aromatic N) is 3. The number of halogens is 1. The molecule has 1 heterocycles. The Bertz CT molecular complexity index is 1320. The van der Waals surface area contributed by atoms with E-state index >= 15 is 0 Å². The maximum atomic E-state index is 13.5. The van der Waals surface area contributed by atoms with Crippen molar-refractivity contribution in [2.75, 3.05) is 23.7 Å². The quantitative estimate of drug-likeness (QED) is 0.375. The second-order valence-electron chi connectivity index (χ2n) is 8.03. The van der Waals surface area contributed by atoms with Gasteiger partial charge in [0, 0.05) is 23.9 Å². The van der Waals surface area contributed by atoms with Gasteiger partial charge in [0.15, 0.2) is 0 Å². The number of hydrogen-bond acceptors (Lipinski definition) is 3. The van der Waals surface area contributed by atoms with Crippen LogP contribution >= 0.6 is 0 Å². The molecule has 0 saturated carbocycles. The fraction of sp³-hybridized carbons (Fsp3) is 0.148. The molecule has 0 aliphatic rings. The van der Waals surface area contributed by atoms with Gasteiger partial charge in [-0.3, -0.25) is 4.79 Å². The van der Waals surface area contributed by atoms with Crippen molar-refractivity contribution >= 4 is 23.4 Å². The number of likely N-dealkylation sites (N-methyl/N-ethyl adjacent to an activating group) is 1. The van der Waals surface area contributed by atoms with Crippen LogP contribution in [0, 0.1) is 12.7 Å². The lowest BCUT2D eigenvalue weighted by Gasteiger charge is -2.21. The van der Waals surface area contributed by atoms with Gasteiger partial charge < -0.3 is 15.5 Å². The van der Waals surface area contributed by atoms with Crippen molar-refractivity contribution in [3.05, 3.63) is 96.3 Å². The van der Waals surface area contributed by atoms with Crippen LogP contribution in [0.4, 0.5) is 20.7 Å². The zero-order chi connectivity index (χ0) is 24.8. The summed E-state index contributed by atoms with van der Waals surface area (Å²) in [7, 11) is 0. The lowest BCUT2D eigenvalue weighted by atomic mass is 10.1. The summed E-state index contributed by atoms with van der Waals surface area (Å²) < 4.78 is 15.0. The standard InChI is InChI=1S/C27H26FN5O2/c1-3-32(27(35)29-22-11-7-8-19(2)16-22)18-26(34)30-25-17-24(20-9-5-4-6-10-20)31-33(25)23-14-12-21(28)13-15-23/h4-17H,3,18H2,1-2H3,(H,29,35)(H,30,34). The molecule has 1 aromatic heterocycles. The Morgan fingerprint density at radius 1 is 0.943 bits per heavy atom. The Morgan fingerprint density at radius 3 is 2.37 bits per heavy atom. The first-order valence-electron chi connectivity index (χ1n) is 11.3. The minimum absolute atomic E-state index is 0.149. The number of amides is 3. The van der Waals surface area contributed by atoms with E-state index in [4.69, 9.17) is 0 Å². The second kappa shape index (κ2) is 10.6. The van der Waals surface area contributed by atoms with Crippen molar-refractivity contribution < 1.29 is 14.0 Å². The van der Waals surface area contributed by atoms with Gasteiger partial charge in [0.05, 0.1) is 11.4 Å². The number of nitrogens with one attached hydrogen (secondary N) is 2.